The van der Waals surface area contributed by atoms with Gasteiger partial charge in [0.1, 0.15) is 0 Å². The summed E-state index contributed by atoms with van der Waals surface area (Å²) < 4.78 is 2.03. The van der Waals surface area contributed by atoms with E-state index in [4.69, 9.17) is 11.5 Å². The number of carbonyl (C=O) groups excluding carboxylic acids is 1. The van der Waals surface area contributed by atoms with Crippen LogP contribution in [0.15, 0.2) is 40.6 Å². The first-order valence-corrected chi connectivity index (χ1v) is 9.50. The molecule has 2 heterocycles. The molecule has 0 atom stereocenters. The molecule has 6 heteroatoms. The fourth-order valence-corrected chi connectivity index (χ4v) is 3.69. The Kier molecular flexibility index (Phi) is 4.76. The van der Waals surface area contributed by atoms with Crippen LogP contribution >= 0.6 is 0 Å². The molecule has 0 fully saturated rings. The van der Waals surface area contributed by atoms with Gasteiger partial charge in [-0.2, -0.15) is 15.3 Å². The summed E-state index contributed by atoms with van der Waals surface area (Å²) in [4.78, 5) is 12.3. The molecule has 0 spiro atoms. The second-order valence-corrected chi connectivity index (χ2v) is 7.14. The predicted octanol–water partition coefficient (Wildman–Crippen LogP) is 3.33. The van der Waals surface area contributed by atoms with Gasteiger partial charge in [0.2, 0.25) is 5.91 Å². The molecule has 2 aromatic rings. The van der Waals surface area contributed by atoms with Crippen LogP contribution in [-0.2, 0) is 24.2 Å². The van der Waals surface area contributed by atoms with Crippen LogP contribution in [-0.4, -0.2) is 21.4 Å². The van der Waals surface area contributed by atoms with Gasteiger partial charge in [-0.15, -0.1) is 12.3 Å². The van der Waals surface area contributed by atoms with Gasteiger partial charge in [0.05, 0.1) is 17.9 Å². The fourth-order valence-electron chi connectivity index (χ4n) is 3.69. The van der Waals surface area contributed by atoms with Crippen LogP contribution in [0.25, 0.3) is 5.69 Å². The Morgan fingerprint density at radius 3 is 2.78 bits per heavy atom. The summed E-state index contributed by atoms with van der Waals surface area (Å²) in [5.41, 5.74) is 4.20. The summed E-state index contributed by atoms with van der Waals surface area (Å²) in [6.07, 6.45) is 10.9. The highest BCUT2D eigenvalue weighted by Crippen LogP contribution is 2.37. The van der Waals surface area contributed by atoms with Gasteiger partial charge < -0.3 is 5.32 Å². The summed E-state index contributed by atoms with van der Waals surface area (Å²) >= 11 is 0. The minimum absolute atomic E-state index is 0.00777. The fraction of sp³-hybridized carbons (Fsp3) is 0.429. The van der Waals surface area contributed by atoms with Gasteiger partial charge in [0.25, 0.3) is 0 Å². The first-order chi connectivity index (χ1) is 13.2. The maximum Gasteiger partial charge on any atom is 0.220 e. The minimum atomic E-state index is -0.403. The van der Waals surface area contributed by atoms with Crippen molar-refractivity contribution in [3.05, 3.63) is 47.3 Å². The number of hydrogen-bond acceptors (Lipinski definition) is 4. The maximum absolute atomic E-state index is 12.3. The van der Waals surface area contributed by atoms with Crippen molar-refractivity contribution >= 4 is 5.91 Å². The standard InChI is InChI=1S/C21H23N5O/c1-2-3-13-21(24-25-21)14-12-20(27)22-15-18-17-10-7-11-19(17)26(23-18)16-8-5-4-6-9-16/h1,4-6,8-9H,3,7,10-15H2,(H,22,27). The van der Waals surface area contributed by atoms with Crippen LogP contribution in [0.2, 0.25) is 0 Å². The highest BCUT2D eigenvalue weighted by molar-refractivity contribution is 5.76. The van der Waals surface area contributed by atoms with Gasteiger partial charge in [-0.3, -0.25) is 4.79 Å². The molecule has 0 saturated heterocycles. The van der Waals surface area contributed by atoms with Gasteiger partial charge in [-0.25, -0.2) is 4.68 Å². The second-order valence-electron chi connectivity index (χ2n) is 7.14. The zero-order valence-corrected chi connectivity index (χ0v) is 15.3. The molecular weight excluding hydrogens is 338 g/mol. The van der Waals surface area contributed by atoms with E-state index in [-0.39, 0.29) is 5.91 Å². The van der Waals surface area contributed by atoms with Gasteiger partial charge in [0, 0.05) is 31.4 Å². The van der Waals surface area contributed by atoms with E-state index in [1.807, 2.05) is 22.9 Å². The smallest absolute Gasteiger partial charge is 0.220 e. The van der Waals surface area contributed by atoms with Gasteiger partial charge in [-0.1, -0.05) is 18.2 Å². The Hall–Kier alpha value is -2.94. The first-order valence-electron chi connectivity index (χ1n) is 9.50. The lowest BCUT2D eigenvalue weighted by molar-refractivity contribution is -0.121. The second kappa shape index (κ2) is 7.36. The Labute approximate surface area is 159 Å². The molecule has 1 aromatic heterocycles. The monoisotopic (exact) mass is 361 g/mol. The molecule has 0 unspecified atom stereocenters. The van der Waals surface area contributed by atoms with E-state index in [0.29, 0.717) is 25.8 Å². The average molecular weight is 361 g/mol. The van der Waals surface area contributed by atoms with E-state index < -0.39 is 5.66 Å². The lowest BCUT2D eigenvalue weighted by Gasteiger charge is -2.09. The van der Waals surface area contributed by atoms with E-state index in [1.165, 1.54) is 11.3 Å². The summed E-state index contributed by atoms with van der Waals surface area (Å²) in [6, 6.07) is 10.2. The number of para-hydroxylation sites is 1. The Bertz CT molecular complexity index is 901. The van der Waals surface area contributed by atoms with E-state index in [0.717, 1.165) is 37.1 Å². The highest BCUT2D eigenvalue weighted by Gasteiger charge is 2.39. The number of benzene rings is 1. The van der Waals surface area contributed by atoms with E-state index in [2.05, 4.69) is 33.6 Å². The lowest BCUT2D eigenvalue weighted by atomic mass is 10.0. The molecular formula is C21H23N5O. The molecule has 0 radical (unpaired) electrons. The zero-order chi connectivity index (χ0) is 18.7. The van der Waals surface area contributed by atoms with Crippen LogP contribution < -0.4 is 5.32 Å². The molecule has 1 aliphatic carbocycles. The molecule has 1 aliphatic heterocycles. The molecule has 2 aliphatic rings. The number of carbonyl (C=O) groups is 1. The number of nitrogens with one attached hydrogen (secondary N) is 1. The Morgan fingerprint density at radius 1 is 1.22 bits per heavy atom. The summed E-state index contributed by atoms with van der Waals surface area (Å²) in [6.45, 7) is 0.465. The van der Waals surface area contributed by atoms with Crippen molar-refractivity contribution in [2.75, 3.05) is 0 Å². The third kappa shape index (κ3) is 3.77. The van der Waals surface area contributed by atoms with E-state index in [1.54, 1.807) is 0 Å². The number of fused-ring (bicyclic) bond motifs is 1. The third-order valence-corrected chi connectivity index (χ3v) is 5.27. The molecule has 27 heavy (non-hydrogen) atoms. The molecule has 4 rings (SSSR count). The predicted molar refractivity (Wildman–Crippen MR) is 102 cm³/mol. The van der Waals surface area contributed by atoms with Crippen molar-refractivity contribution in [2.45, 2.75) is 57.2 Å². The van der Waals surface area contributed by atoms with Crippen molar-refractivity contribution in [3.63, 3.8) is 0 Å². The third-order valence-electron chi connectivity index (χ3n) is 5.27. The Morgan fingerprint density at radius 2 is 2.04 bits per heavy atom. The van der Waals surface area contributed by atoms with Crippen molar-refractivity contribution in [2.24, 2.45) is 10.2 Å². The van der Waals surface area contributed by atoms with Gasteiger partial charge in [0.15, 0.2) is 5.66 Å². The number of nitrogens with zero attached hydrogens (tertiary/aromatic N) is 4. The Balaban J connectivity index is 1.36. The van der Waals surface area contributed by atoms with Crippen LogP contribution in [0.3, 0.4) is 0 Å². The molecule has 0 saturated carbocycles. The molecule has 138 valence electrons. The van der Waals surface area contributed by atoms with Crippen molar-refractivity contribution in [3.8, 4) is 18.0 Å². The number of rotatable bonds is 8. The number of terminal acetylenes is 1. The summed E-state index contributed by atoms with van der Waals surface area (Å²) in [5.74, 6) is 2.61. The normalized spacial score (nSPS) is 16.0. The molecule has 1 amide bonds. The van der Waals surface area contributed by atoms with Crippen molar-refractivity contribution < 1.29 is 4.79 Å². The quantitative estimate of drug-likeness (QED) is 0.733. The number of aromatic nitrogens is 2. The van der Waals surface area contributed by atoms with Crippen LogP contribution in [0.5, 0.6) is 0 Å². The van der Waals surface area contributed by atoms with Gasteiger partial charge >= 0.3 is 0 Å². The topological polar surface area (TPSA) is 71.6 Å². The highest BCUT2D eigenvalue weighted by atomic mass is 16.1. The molecule has 1 aromatic carbocycles. The summed E-state index contributed by atoms with van der Waals surface area (Å²) in [5, 5.41) is 15.9. The van der Waals surface area contributed by atoms with Crippen molar-refractivity contribution in [1.29, 1.82) is 0 Å². The zero-order valence-electron chi connectivity index (χ0n) is 15.3. The lowest BCUT2D eigenvalue weighted by Crippen LogP contribution is -2.25. The van der Waals surface area contributed by atoms with Crippen LogP contribution in [0.1, 0.15) is 49.1 Å². The SMILES string of the molecule is C#CCCC1(CCC(=O)NCc2nn(-c3ccccc3)c3c2CCC3)N=N1. The van der Waals surface area contributed by atoms with Crippen LogP contribution in [0.4, 0.5) is 0 Å². The minimum Gasteiger partial charge on any atom is -0.350 e. The number of hydrogen-bond donors (Lipinski definition) is 1. The molecule has 1 N–H and O–H groups in total. The van der Waals surface area contributed by atoms with Gasteiger partial charge in [-0.05, 0) is 37.0 Å². The maximum atomic E-state index is 12.3. The molecule has 0 bridgehead atoms. The van der Waals surface area contributed by atoms with E-state index in [9.17, 15) is 4.79 Å². The summed E-state index contributed by atoms with van der Waals surface area (Å²) in [7, 11) is 0. The van der Waals surface area contributed by atoms with Crippen LogP contribution in [0, 0.1) is 12.3 Å². The average Bonchev–Trinajstić information content (AvgIpc) is 3.15. The molecule has 6 nitrogen and oxygen atoms in total. The first kappa shape index (κ1) is 17.5. The van der Waals surface area contributed by atoms with Crippen molar-refractivity contribution in [1.82, 2.24) is 15.1 Å². The number of amides is 1. The van der Waals surface area contributed by atoms with E-state index >= 15 is 0 Å². The largest absolute Gasteiger partial charge is 0.350 e.